The molecule has 0 aromatic carbocycles. The van der Waals surface area contributed by atoms with Crippen molar-refractivity contribution in [1.29, 1.82) is 0 Å². The number of rotatable bonds is 5. The van der Waals surface area contributed by atoms with E-state index in [1.807, 2.05) is 0 Å². The summed E-state index contributed by atoms with van der Waals surface area (Å²) in [4.78, 5) is 10.2. The summed E-state index contributed by atoms with van der Waals surface area (Å²) in [6.07, 6.45) is 0.101. The summed E-state index contributed by atoms with van der Waals surface area (Å²) in [7, 11) is 0. The van der Waals surface area contributed by atoms with Crippen molar-refractivity contribution in [2.45, 2.75) is 19.4 Å². The highest BCUT2D eigenvalue weighted by Crippen LogP contribution is 1.96. The van der Waals surface area contributed by atoms with E-state index in [0.29, 0.717) is 11.6 Å². The summed E-state index contributed by atoms with van der Waals surface area (Å²) < 4.78 is 0. The Balaban J connectivity index is 3.44. The van der Waals surface area contributed by atoms with E-state index in [4.69, 9.17) is 16.7 Å². The standard InChI is InChI=1S/C7H12ClNO2/c1-5(8)4-9-6(2)3-7(10)11/h6,9H,1,3-4H2,2H3,(H,10,11). The Kier molecular flexibility index (Phi) is 4.90. The number of hydrogen-bond acceptors (Lipinski definition) is 2. The number of carboxylic acids is 1. The van der Waals surface area contributed by atoms with Crippen LogP contribution in [0.3, 0.4) is 0 Å². The van der Waals surface area contributed by atoms with Crippen molar-refractivity contribution in [3.63, 3.8) is 0 Å². The van der Waals surface area contributed by atoms with E-state index in [0.717, 1.165) is 0 Å². The van der Waals surface area contributed by atoms with Crippen LogP contribution in [0.15, 0.2) is 11.6 Å². The Morgan fingerprint density at radius 3 is 2.73 bits per heavy atom. The van der Waals surface area contributed by atoms with Crippen LogP contribution in [-0.2, 0) is 4.79 Å². The minimum Gasteiger partial charge on any atom is -0.481 e. The van der Waals surface area contributed by atoms with E-state index in [1.165, 1.54) is 0 Å². The first-order valence-corrected chi connectivity index (χ1v) is 3.68. The number of carbonyl (C=O) groups is 1. The minimum absolute atomic E-state index is 0.0667. The second-order valence-electron chi connectivity index (χ2n) is 2.40. The quantitative estimate of drug-likeness (QED) is 0.664. The lowest BCUT2D eigenvalue weighted by atomic mass is 10.2. The summed E-state index contributed by atoms with van der Waals surface area (Å²) in [6, 6.07) is -0.0667. The van der Waals surface area contributed by atoms with Crippen molar-refractivity contribution >= 4 is 17.6 Å². The molecule has 0 amide bonds. The molecule has 0 radical (unpaired) electrons. The lowest BCUT2D eigenvalue weighted by Crippen LogP contribution is -2.29. The summed E-state index contributed by atoms with van der Waals surface area (Å²) >= 11 is 5.45. The van der Waals surface area contributed by atoms with Crippen molar-refractivity contribution in [3.8, 4) is 0 Å². The summed E-state index contributed by atoms with van der Waals surface area (Å²) in [5, 5.41) is 11.7. The van der Waals surface area contributed by atoms with Crippen molar-refractivity contribution < 1.29 is 9.90 Å². The molecule has 0 saturated carbocycles. The van der Waals surface area contributed by atoms with Crippen molar-refractivity contribution in [2.24, 2.45) is 0 Å². The molecule has 2 N–H and O–H groups in total. The monoisotopic (exact) mass is 177 g/mol. The molecule has 0 aromatic heterocycles. The fourth-order valence-corrected chi connectivity index (χ4v) is 0.696. The fraction of sp³-hybridized carbons (Fsp3) is 0.571. The zero-order valence-electron chi connectivity index (χ0n) is 6.43. The van der Waals surface area contributed by atoms with Gasteiger partial charge in [0, 0.05) is 17.6 Å². The molecular weight excluding hydrogens is 166 g/mol. The molecule has 3 nitrogen and oxygen atoms in total. The van der Waals surface area contributed by atoms with Gasteiger partial charge in [0.15, 0.2) is 0 Å². The van der Waals surface area contributed by atoms with Crippen molar-refractivity contribution in [2.75, 3.05) is 6.54 Å². The van der Waals surface area contributed by atoms with Crippen LogP contribution in [0.5, 0.6) is 0 Å². The zero-order chi connectivity index (χ0) is 8.85. The number of carboxylic acid groups (broad SMARTS) is 1. The second-order valence-corrected chi connectivity index (χ2v) is 2.93. The Morgan fingerprint density at radius 1 is 1.82 bits per heavy atom. The van der Waals surface area contributed by atoms with Gasteiger partial charge in [0.1, 0.15) is 0 Å². The molecule has 1 atom stereocenters. The van der Waals surface area contributed by atoms with Crippen LogP contribution in [0.2, 0.25) is 0 Å². The van der Waals surface area contributed by atoms with Gasteiger partial charge in [-0.05, 0) is 6.92 Å². The van der Waals surface area contributed by atoms with Gasteiger partial charge in [-0.25, -0.2) is 0 Å². The average Bonchev–Trinajstić information content (AvgIpc) is 1.82. The van der Waals surface area contributed by atoms with E-state index < -0.39 is 5.97 Å². The molecule has 0 heterocycles. The van der Waals surface area contributed by atoms with Gasteiger partial charge >= 0.3 is 5.97 Å². The summed E-state index contributed by atoms with van der Waals surface area (Å²) in [6.45, 7) is 5.70. The molecule has 0 aliphatic carbocycles. The molecule has 0 aromatic rings. The van der Waals surface area contributed by atoms with E-state index in [9.17, 15) is 4.79 Å². The molecule has 0 aliphatic rings. The molecule has 0 aliphatic heterocycles. The number of nitrogens with one attached hydrogen (secondary N) is 1. The predicted molar refractivity (Wildman–Crippen MR) is 44.7 cm³/mol. The molecular formula is C7H12ClNO2. The maximum Gasteiger partial charge on any atom is 0.304 e. The maximum absolute atomic E-state index is 10.2. The Bertz CT molecular complexity index is 159. The van der Waals surface area contributed by atoms with Gasteiger partial charge in [-0.15, -0.1) is 0 Å². The Morgan fingerprint density at radius 2 is 2.36 bits per heavy atom. The Labute approximate surface area is 71.0 Å². The molecule has 0 spiro atoms. The topological polar surface area (TPSA) is 49.3 Å². The lowest BCUT2D eigenvalue weighted by molar-refractivity contribution is -0.137. The summed E-state index contributed by atoms with van der Waals surface area (Å²) in [5.41, 5.74) is 0. The average molecular weight is 178 g/mol. The largest absolute Gasteiger partial charge is 0.481 e. The summed E-state index contributed by atoms with van der Waals surface area (Å²) in [5.74, 6) is -0.815. The van der Waals surface area contributed by atoms with Crippen LogP contribution in [0.4, 0.5) is 0 Å². The smallest absolute Gasteiger partial charge is 0.304 e. The normalized spacial score (nSPS) is 12.5. The van der Waals surface area contributed by atoms with Gasteiger partial charge in [-0.3, -0.25) is 4.79 Å². The zero-order valence-corrected chi connectivity index (χ0v) is 7.19. The molecule has 4 heteroatoms. The van der Waals surface area contributed by atoms with Crippen LogP contribution in [0.1, 0.15) is 13.3 Å². The molecule has 0 rings (SSSR count). The first-order chi connectivity index (χ1) is 5.02. The molecule has 0 bridgehead atoms. The lowest BCUT2D eigenvalue weighted by Gasteiger charge is -2.09. The van der Waals surface area contributed by atoms with E-state index in [2.05, 4.69) is 11.9 Å². The van der Waals surface area contributed by atoms with Crippen molar-refractivity contribution in [3.05, 3.63) is 11.6 Å². The second kappa shape index (κ2) is 5.16. The third-order valence-electron chi connectivity index (χ3n) is 1.12. The first kappa shape index (κ1) is 10.5. The number of aliphatic carboxylic acids is 1. The van der Waals surface area contributed by atoms with Gasteiger partial charge in [-0.1, -0.05) is 18.2 Å². The van der Waals surface area contributed by atoms with Crippen LogP contribution in [-0.4, -0.2) is 23.7 Å². The Hall–Kier alpha value is -0.540. The van der Waals surface area contributed by atoms with Gasteiger partial charge in [0.05, 0.1) is 6.42 Å². The molecule has 11 heavy (non-hydrogen) atoms. The van der Waals surface area contributed by atoms with Gasteiger partial charge in [0.25, 0.3) is 0 Å². The fourth-order valence-electron chi connectivity index (χ4n) is 0.619. The van der Waals surface area contributed by atoms with E-state index in [1.54, 1.807) is 6.92 Å². The highest BCUT2D eigenvalue weighted by molar-refractivity contribution is 6.29. The minimum atomic E-state index is -0.815. The highest BCUT2D eigenvalue weighted by atomic mass is 35.5. The van der Waals surface area contributed by atoms with E-state index >= 15 is 0 Å². The van der Waals surface area contributed by atoms with Crippen LogP contribution in [0.25, 0.3) is 0 Å². The van der Waals surface area contributed by atoms with Crippen LogP contribution >= 0.6 is 11.6 Å². The third kappa shape index (κ3) is 7.36. The molecule has 0 saturated heterocycles. The van der Waals surface area contributed by atoms with Gasteiger partial charge in [0.2, 0.25) is 0 Å². The third-order valence-corrected chi connectivity index (χ3v) is 1.26. The van der Waals surface area contributed by atoms with E-state index in [-0.39, 0.29) is 12.5 Å². The SMILES string of the molecule is C=C(Cl)CNC(C)CC(=O)O. The van der Waals surface area contributed by atoms with Gasteiger partial charge in [-0.2, -0.15) is 0 Å². The van der Waals surface area contributed by atoms with Crippen LogP contribution < -0.4 is 5.32 Å². The highest BCUT2D eigenvalue weighted by Gasteiger charge is 2.05. The molecule has 0 fully saturated rings. The maximum atomic E-state index is 10.2. The number of hydrogen-bond donors (Lipinski definition) is 2. The molecule has 64 valence electrons. The predicted octanol–water partition coefficient (Wildman–Crippen LogP) is 1.19. The first-order valence-electron chi connectivity index (χ1n) is 3.31. The van der Waals surface area contributed by atoms with Crippen molar-refractivity contribution in [1.82, 2.24) is 5.32 Å². The molecule has 1 unspecified atom stereocenters. The van der Waals surface area contributed by atoms with Crippen LogP contribution in [0, 0.1) is 0 Å². The van der Waals surface area contributed by atoms with Gasteiger partial charge < -0.3 is 10.4 Å². The number of halogens is 1.